The van der Waals surface area contributed by atoms with Gasteiger partial charge in [-0.1, -0.05) is 123 Å². The van der Waals surface area contributed by atoms with Crippen LogP contribution in [0.2, 0.25) is 0 Å². The van der Waals surface area contributed by atoms with Crippen LogP contribution in [0.5, 0.6) is 0 Å². The second-order valence-corrected chi connectivity index (χ2v) is 15.2. The van der Waals surface area contributed by atoms with Gasteiger partial charge in [0.2, 0.25) is 0 Å². The van der Waals surface area contributed by atoms with E-state index in [9.17, 15) is 0 Å². The number of aromatic nitrogens is 3. The van der Waals surface area contributed by atoms with Crippen LogP contribution in [0.1, 0.15) is 25.0 Å². The van der Waals surface area contributed by atoms with Crippen molar-refractivity contribution in [3.8, 4) is 56.4 Å². The lowest BCUT2D eigenvalue weighted by atomic mass is 9.81. The number of anilines is 1. The zero-order valence-corrected chi connectivity index (χ0v) is 28.6. The predicted molar refractivity (Wildman–Crippen MR) is 209 cm³/mol. The molecule has 10 rings (SSSR count). The Kier molecular flexibility index (Phi) is 6.29. The van der Waals surface area contributed by atoms with Gasteiger partial charge in [-0.3, -0.25) is 0 Å². The van der Waals surface area contributed by atoms with Crippen molar-refractivity contribution in [1.29, 1.82) is 0 Å². The van der Waals surface area contributed by atoms with Gasteiger partial charge >= 0.3 is 0 Å². The Morgan fingerprint density at radius 3 is 1.88 bits per heavy atom. The Hall–Kier alpha value is -5.43. The lowest BCUT2D eigenvalue weighted by Crippen LogP contribution is -2.15. The summed E-state index contributed by atoms with van der Waals surface area (Å²) in [5.74, 6) is 2.02. The molecule has 0 fully saturated rings. The maximum atomic E-state index is 5.08. The Morgan fingerprint density at radius 2 is 1.18 bits per heavy atom. The minimum Gasteiger partial charge on any atom is -0.356 e. The Labute approximate surface area is 292 Å². The normalized spacial score (nSPS) is 13.9. The molecular formula is C43H30N4S2. The molecule has 0 amide bonds. The van der Waals surface area contributed by atoms with Gasteiger partial charge in [0.15, 0.2) is 17.5 Å². The van der Waals surface area contributed by atoms with Crippen LogP contribution in [0.4, 0.5) is 5.69 Å². The first-order chi connectivity index (χ1) is 24.0. The van der Waals surface area contributed by atoms with E-state index in [1.54, 1.807) is 0 Å². The summed E-state index contributed by atoms with van der Waals surface area (Å²) in [5.41, 5.74) is 14.3. The summed E-state index contributed by atoms with van der Waals surface area (Å²) in [6.07, 6.45) is 0. The zero-order valence-electron chi connectivity index (χ0n) is 26.9. The Bertz CT molecular complexity index is 2600. The number of hydrogen-bond acceptors (Lipinski definition) is 5. The molecule has 6 aromatic carbocycles. The van der Waals surface area contributed by atoms with E-state index < -0.39 is 0 Å². The van der Waals surface area contributed by atoms with E-state index in [0.717, 1.165) is 16.7 Å². The van der Waals surface area contributed by atoms with Crippen LogP contribution in [0.15, 0.2) is 132 Å². The molecule has 8 aromatic rings. The summed E-state index contributed by atoms with van der Waals surface area (Å²) in [5, 5.41) is 5.92. The molecule has 0 saturated heterocycles. The maximum absolute atomic E-state index is 5.08. The molecule has 6 heteroatoms. The van der Waals surface area contributed by atoms with E-state index in [2.05, 4.69) is 116 Å². The molecule has 0 saturated carbocycles. The van der Waals surface area contributed by atoms with Crippen molar-refractivity contribution in [2.75, 3.05) is 5.32 Å². The van der Waals surface area contributed by atoms with Crippen molar-refractivity contribution in [3.05, 3.63) is 139 Å². The fraction of sp³-hybridized carbons (Fsp3) is 0.0698. The van der Waals surface area contributed by atoms with E-state index >= 15 is 0 Å². The van der Waals surface area contributed by atoms with Gasteiger partial charge in [0.25, 0.3) is 0 Å². The summed E-state index contributed by atoms with van der Waals surface area (Å²) in [4.78, 5) is 16.5. The average molecular weight is 667 g/mol. The van der Waals surface area contributed by atoms with E-state index in [-0.39, 0.29) is 5.41 Å². The summed E-state index contributed by atoms with van der Waals surface area (Å²) in [6.45, 7) is 4.73. The highest BCUT2D eigenvalue weighted by Gasteiger charge is 2.38. The van der Waals surface area contributed by atoms with Gasteiger partial charge in [0, 0.05) is 58.2 Å². The fourth-order valence-electron chi connectivity index (χ4n) is 7.55. The third kappa shape index (κ3) is 4.37. The third-order valence-corrected chi connectivity index (χ3v) is 12.3. The minimum absolute atomic E-state index is 0.0827. The number of rotatable bonds is 4. The number of benzene rings is 6. The second kappa shape index (κ2) is 10.8. The first kappa shape index (κ1) is 28.6. The van der Waals surface area contributed by atoms with E-state index in [1.807, 2.05) is 47.7 Å². The largest absolute Gasteiger partial charge is 0.356 e. The number of fused-ring (bicyclic) bond motifs is 8. The molecule has 49 heavy (non-hydrogen) atoms. The van der Waals surface area contributed by atoms with Crippen LogP contribution in [-0.4, -0.2) is 20.4 Å². The fourth-order valence-corrected chi connectivity index (χ4v) is 9.87. The Balaban J connectivity index is 1.15. The molecule has 1 aliphatic heterocycles. The van der Waals surface area contributed by atoms with Gasteiger partial charge in [0.05, 0.1) is 5.69 Å². The zero-order chi connectivity index (χ0) is 32.7. The van der Waals surface area contributed by atoms with Gasteiger partial charge in [0.1, 0.15) is 0 Å². The van der Waals surface area contributed by atoms with Crippen LogP contribution >= 0.6 is 22.7 Å². The molecule has 0 radical (unpaired) electrons. The van der Waals surface area contributed by atoms with Crippen molar-refractivity contribution >= 4 is 54.0 Å². The molecule has 4 nitrogen and oxygen atoms in total. The van der Waals surface area contributed by atoms with Gasteiger partial charge in [-0.05, 0) is 46.0 Å². The summed E-state index contributed by atoms with van der Waals surface area (Å²) < 4.78 is 2.46. The molecule has 0 atom stereocenters. The first-order valence-electron chi connectivity index (χ1n) is 16.5. The number of hydrogen-bond donors (Lipinski definition) is 2. The van der Waals surface area contributed by atoms with Crippen LogP contribution in [-0.2, 0) is 5.41 Å². The highest BCUT2D eigenvalue weighted by atomic mass is 32.1. The van der Waals surface area contributed by atoms with Crippen molar-refractivity contribution in [3.63, 3.8) is 0 Å². The lowest BCUT2D eigenvalue weighted by Gasteiger charge is -2.22. The lowest BCUT2D eigenvalue weighted by molar-refractivity contribution is 0.660. The summed E-state index contributed by atoms with van der Waals surface area (Å²) >= 11 is 3.07. The molecule has 3 heterocycles. The second-order valence-electron chi connectivity index (χ2n) is 13.2. The number of nitrogens with zero attached hydrogens (tertiary/aromatic N) is 3. The van der Waals surface area contributed by atoms with Crippen LogP contribution < -0.4 is 5.32 Å². The van der Waals surface area contributed by atoms with Crippen molar-refractivity contribution in [2.45, 2.75) is 24.2 Å². The van der Waals surface area contributed by atoms with Crippen LogP contribution in [0, 0.1) is 0 Å². The summed E-state index contributed by atoms with van der Waals surface area (Å²) in [7, 11) is 0. The molecular weight excluding hydrogens is 637 g/mol. The molecule has 1 N–H and O–H groups in total. The number of thiophene rings is 1. The quantitative estimate of drug-likeness (QED) is 0.145. The minimum atomic E-state index is -0.0827. The predicted octanol–water partition coefficient (Wildman–Crippen LogP) is 11.2. The smallest absolute Gasteiger partial charge is 0.165 e. The molecule has 0 spiro atoms. The highest BCUT2D eigenvalue weighted by Crippen LogP contribution is 2.55. The van der Waals surface area contributed by atoms with Crippen molar-refractivity contribution in [2.24, 2.45) is 0 Å². The molecule has 1 aliphatic carbocycles. The van der Waals surface area contributed by atoms with E-state index in [4.69, 9.17) is 15.0 Å². The number of nitrogens with one attached hydrogen (secondary N) is 1. The average Bonchev–Trinajstić information content (AvgIpc) is 3.85. The first-order valence-corrected chi connectivity index (χ1v) is 18.3. The standard InChI is InChI=1S/C43H30N4S2/c1-43(2)33-21-22-35-39(48-24-44-35)36(33)31-20-19-27(23-34(31)43)28-15-9-16-29-30-17-10-18-32(38(30)49-37(28)29)42-46-40(25-11-5-3-6-12-25)45-41(47-42)26-13-7-4-8-14-26/h3-24,44,48H,1-2H3. The van der Waals surface area contributed by atoms with Crippen molar-refractivity contribution in [1.82, 2.24) is 15.0 Å². The summed E-state index contributed by atoms with van der Waals surface area (Å²) in [6, 6.07) is 45.2. The SMILES string of the molecule is CC1(C)c2cc(-c3cccc4c3sc3c(-c5nc(-c6ccccc6)nc(-c6ccccc6)n5)cccc34)ccc2-c2c1ccc1c2[SH]=CN1. The Morgan fingerprint density at radius 1 is 0.551 bits per heavy atom. The molecule has 0 bridgehead atoms. The maximum Gasteiger partial charge on any atom is 0.165 e. The van der Waals surface area contributed by atoms with Gasteiger partial charge in [-0.15, -0.1) is 11.3 Å². The topological polar surface area (TPSA) is 50.7 Å². The van der Waals surface area contributed by atoms with Gasteiger partial charge < -0.3 is 5.32 Å². The monoisotopic (exact) mass is 666 g/mol. The third-order valence-electron chi connectivity index (χ3n) is 10.0. The number of thiol groups is 1. The van der Waals surface area contributed by atoms with Crippen LogP contribution in [0.25, 0.3) is 76.6 Å². The van der Waals surface area contributed by atoms with E-state index in [0.29, 0.717) is 17.5 Å². The molecule has 2 aromatic heterocycles. The van der Waals surface area contributed by atoms with Crippen molar-refractivity contribution < 1.29 is 0 Å². The van der Waals surface area contributed by atoms with Gasteiger partial charge in [-0.2, -0.15) is 11.4 Å². The molecule has 0 unspecified atom stereocenters. The highest BCUT2D eigenvalue weighted by molar-refractivity contribution is 7.98. The molecule has 2 aliphatic rings. The van der Waals surface area contributed by atoms with Crippen LogP contribution in [0.3, 0.4) is 0 Å². The van der Waals surface area contributed by atoms with E-state index in [1.165, 1.54) is 75.5 Å². The van der Waals surface area contributed by atoms with Gasteiger partial charge in [-0.25, -0.2) is 15.0 Å². The molecule has 234 valence electrons.